The van der Waals surface area contributed by atoms with E-state index in [1.807, 2.05) is 14.1 Å². The van der Waals surface area contributed by atoms with Crippen LogP contribution in [0.15, 0.2) is 28.1 Å². The summed E-state index contributed by atoms with van der Waals surface area (Å²) in [5.41, 5.74) is 3.16. The number of aromatic amines is 1. The molecule has 1 aromatic rings. The molecule has 14 heavy (non-hydrogen) atoms. The van der Waals surface area contributed by atoms with E-state index in [0.717, 1.165) is 0 Å². The molecule has 0 amide bonds. The van der Waals surface area contributed by atoms with Gasteiger partial charge in [0.25, 0.3) is 5.56 Å². The van der Waals surface area contributed by atoms with Crippen molar-refractivity contribution in [3.63, 3.8) is 0 Å². The van der Waals surface area contributed by atoms with Gasteiger partial charge in [-0.25, -0.2) is 10.0 Å². The summed E-state index contributed by atoms with van der Waals surface area (Å²) in [6, 6.07) is 3.41. The highest BCUT2D eigenvalue weighted by Gasteiger charge is 1.96. The maximum absolute atomic E-state index is 11.2. The third-order valence-corrected chi connectivity index (χ3v) is 1.47. The molecule has 1 heterocycles. The number of aliphatic imine (C=N–C) groups is 1. The number of hydrogen-bond acceptors (Lipinski definition) is 3. The minimum Gasteiger partial charge on any atom is -0.327 e. The van der Waals surface area contributed by atoms with Crippen LogP contribution in [0.5, 0.6) is 0 Å². The normalized spacial score (nSPS) is 11.9. The van der Waals surface area contributed by atoms with Crippen molar-refractivity contribution in [1.29, 1.82) is 0 Å². The molecular formula is C9H14N4O. The molecule has 0 unspecified atom stereocenters. The van der Waals surface area contributed by atoms with Crippen molar-refractivity contribution < 1.29 is 0 Å². The summed E-state index contributed by atoms with van der Waals surface area (Å²) in [5, 5.41) is 1.76. The van der Waals surface area contributed by atoms with Crippen LogP contribution in [0, 0.1) is 0 Å². The molecule has 0 aliphatic rings. The second kappa shape index (κ2) is 4.57. The number of nitrogens with zero attached hydrogens (tertiary/aromatic N) is 2. The fraction of sp³-hybridized carbons (Fsp3) is 0.333. The van der Waals surface area contributed by atoms with Crippen LogP contribution in [0.25, 0.3) is 0 Å². The summed E-state index contributed by atoms with van der Waals surface area (Å²) in [7, 11) is 3.71. The molecular weight excluding hydrogens is 180 g/mol. The number of hydrazine groups is 1. The largest absolute Gasteiger partial charge is 0.327 e. The maximum Gasteiger partial charge on any atom is 0.273 e. The van der Waals surface area contributed by atoms with Gasteiger partial charge in [0.05, 0.1) is 0 Å². The monoisotopic (exact) mass is 194 g/mol. The van der Waals surface area contributed by atoms with Gasteiger partial charge in [0.15, 0.2) is 0 Å². The van der Waals surface area contributed by atoms with Gasteiger partial charge in [-0.2, -0.15) is 0 Å². The van der Waals surface area contributed by atoms with E-state index in [0.29, 0.717) is 11.5 Å². The molecule has 0 radical (unpaired) electrons. The molecule has 0 saturated heterocycles. The van der Waals surface area contributed by atoms with Crippen molar-refractivity contribution in [1.82, 2.24) is 15.4 Å². The predicted molar refractivity (Wildman–Crippen MR) is 56.7 cm³/mol. The highest BCUT2D eigenvalue weighted by Crippen LogP contribution is 2.01. The third kappa shape index (κ3) is 3.02. The SMILES string of the molecule is CC(=Nc1ccc[nH]c1=O)NN(C)C. The molecule has 0 spiro atoms. The Morgan fingerprint density at radius 2 is 2.29 bits per heavy atom. The predicted octanol–water partition coefficient (Wildman–Crippen LogP) is 0.491. The second-order valence-electron chi connectivity index (χ2n) is 3.09. The fourth-order valence-corrected chi connectivity index (χ4v) is 1.03. The standard InChI is InChI=1S/C9H14N4O/c1-7(12-13(2)3)11-8-5-4-6-10-9(8)14/h4-6H,1-3H3,(H,10,14)(H,11,12). The van der Waals surface area contributed by atoms with Crippen LogP contribution in [0.3, 0.4) is 0 Å². The first kappa shape index (κ1) is 10.5. The lowest BCUT2D eigenvalue weighted by Gasteiger charge is -2.12. The minimum atomic E-state index is -0.188. The van der Waals surface area contributed by atoms with Crippen LogP contribution in [0.2, 0.25) is 0 Å². The number of rotatable bonds is 2. The van der Waals surface area contributed by atoms with E-state index in [9.17, 15) is 4.79 Å². The summed E-state index contributed by atoms with van der Waals surface area (Å²) in [5.74, 6) is 0.673. The van der Waals surface area contributed by atoms with Crippen LogP contribution in [-0.4, -0.2) is 29.9 Å². The zero-order chi connectivity index (χ0) is 10.6. The quantitative estimate of drug-likeness (QED) is 0.409. The molecule has 0 aliphatic heterocycles. The minimum absolute atomic E-state index is 0.188. The van der Waals surface area contributed by atoms with Crippen LogP contribution in [-0.2, 0) is 0 Å². The van der Waals surface area contributed by atoms with Gasteiger partial charge in [-0.1, -0.05) is 0 Å². The van der Waals surface area contributed by atoms with E-state index >= 15 is 0 Å². The smallest absolute Gasteiger partial charge is 0.273 e. The van der Waals surface area contributed by atoms with Crippen LogP contribution in [0.1, 0.15) is 6.92 Å². The van der Waals surface area contributed by atoms with Gasteiger partial charge in [0.1, 0.15) is 11.5 Å². The van der Waals surface area contributed by atoms with Crippen molar-refractivity contribution in [2.45, 2.75) is 6.92 Å². The summed E-state index contributed by atoms with van der Waals surface area (Å²) in [4.78, 5) is 17.9. The zero-order valence-electron chi connectivity index (χ0n) is 8.53. The average molecular weight is 194 g/mol. The van der Waals surface area contributed by atoms with Crippen molar-refractivity contribution >= 4 is 11.5 Å². The van der Waals surface area contributed by atoms with E-state index in [4.69, 9.17) is 0 Å². The first-order valence-electron chi connectivity index (χ1n) is 4.26. The molecule has 0 saturated carbocycles. The Labute approximate surface area is 82.4 Å². The van der Waals surface area contributed by atoms with Crippen LogP contribution >= 0.6 is 0 Å². The van der Waals surface area contributed by atoms with Crippen molar-refractivity contribution in [2.75, 3.05) is 14.1 Å². The van der Waals surface area contributed by atoms with Gasteiger partial charge in [-0.05, 0) is 19.1 Å². The number of amidine groups is 1. The van der Waals surface area contributed by atoms with Crippen molar-refractivity contribution in [3.8, 4) is 0 Å². The Hall–Kier alpha value is -1.62. The summed E-state index contributed by atoms with van der Waals surface area (Å²) >= 11 is 0. The molecule has 2 N–H and O–H groups in total. The third-order valence-electron chi connectivity index (χ3n) is 1.47. The average Bonchev–Trinajstić information content (AvgIpc) is 2.07. The van der Waals surface area contributed by atoms with E-state index in [2.05, 4.69) is 15.4 Å². The molecule has 0 atom stereocenters. The first-order chi connectivity index (χ1) is 6.59. The number of H-pyrrole nitrogens is 1. The topological polar surface area (TPSA) is 60.5 Å². The second-order valence-corrected chi connectivity index (χ2v) is 3.09. The molecule has 1 rings (SSSR count). The number of nitrogens with one attached hydrogen (secondary N) is 2. The van der Waals surface area contributed by atoms with Gasteiger partial charge in [-0.3, -0.25) is 4.79 Å². The summed E-state index contributed by atoms with van der Waals surface area (Å²) in [6.45, 7) is 1.80. The van der Waals surface area contributed by atoms with Gasteiger partial charge in [0.2, 0.25) is 0 Å². The van der Waals surface area contributed by atoms with Crippen molar-refractivity contribution in [2.24, 2.45) is 4.99 Å². The first-order valence-corrected chi connectivity index (χ1v) is 4.26. The van der Waals surface area contributed by atoms with Gasteiger partial charge in [0, 0.05) is 20.3 Å². The van der Waals surface area contributed by atoms with Gasteiger partial charge < -0.3 is 10.4 Å². The molecule has 0 bridgehead atoms. The highest BCUT2D eigenvalue weighted by atomic mass is 16.1. The molecule has 0 aromatic carbocycles. The summed E-state index contributed by atoms with van der Waals surface area (Å²) < 4.78 is 0. The molecule has 5 heteroatoms. The molecule has 0 aliphatic carbocycles. The number of aromatic nitrogens is 1. The lowest BCUT2D eigenvalue weighted by Crippen LogP contribution is -2.34. The molecule has 5 nitrogen and oxygen atoms in total. The van der Waals surface area contributed by atoms with Gasteiger partial charge in [-0.15, -0.1) is 0 Å². The Bertz CT molecular complexity index is 380. The fourth-order valence-electron chi connectivity index (χ4n) is 1.03. The lowest BCUT2D eigenvalue weighted by molar-refractivity contribution is 0.361. The Kier molecular flexibility index (Phi) is 3.41. The zero-order valence-corrected chi connectivity index (χ0v) is 8.53. The maximum atomic E-state index is 11.2. The number of hydrogen-bond donors (Lipinski definition) is 2. The Morgan fingerprint density at radius 1 is 1.57 bits per heavy atom. The van der Waals surface area contributed by atoms with Crippen LogP contribution in [0.4, 0.5) is 5.69 Å². The van der Waals surface area contributed by atoms with E-state index in [1.54, 1.807) is 30.3 Å². The number of pyridine rings is 1. The summed E-state index contributed by atoms with van der Waals surface area (Å²) in [6.07, 6.45) is 1.58. The molecule has 0 fully saturated rings. The highest BCUT2D eigenvalue weighted by molar-refractivity contribution is 5.81. The lowest BCUT2D eigenvalue weighted by atomic mass is 10.4. The van der Waals surface area contributed by atoms with E-state index < -0.39 is 0 Å². The van der Waals surface area contributed by atoms with Crippen molar-refractivity contribution in [3.05, 3.63) is 28.7 Å². The molecule has 1 aromatic heterocycles. The molecule has 76 valence electrons. The Morgan fingerprint density at radius 3 is 2.86 bits per heavy atom. The van der Waals surface area contributed by atoms with Crippen LogP contribution < -0.4 is 11.0 Å². The Balaban J connectivity index is 2.87. The van der Waals surface area contributed by atoms with Gasteiger partial charge >= 0.3 is 0 Å². The van der Waals surface area contributed by atoms with E-state index in [-0.39, 0.29) is 5.56 Å². The van der Waals surface area contributed by atoms with E-state index in [1.165, 1.54) is 0 Å².